The summed E-state index contributed by atoms with van der Waals surface area (Å²) in [5.41, 5.74) is 0.970. The van der Waals surface area contributed by atoms with Crippen LogP contribution in [-0.2, 0) is 0 Å². The summed E-state index contributed by atoms with van der Waals surface area (Å²) in [5.74, 6) is -0.472. The maximum absolute atomic E-state index is 13.0. The zero-order valence-corrected chi connectivity index (χ0v) is 8.41. The van der Waals surface area contributed by atoms with Crippen molar-refractivity contribution in [3.63, 3.8) is 0 Å². The third kappa shape index (κ3) is 2.19. The fourth-order valence-electron chi connectivity index (χ4n) is 1.36. The fraction of sp³-hybridized carbons (Fsp3) is 0.0909. The zero-order chi connectivity index (χ0) is 10.8. The second kappa shape index (κ2) is 4.04. The number of aliphatic hydroxyl groups excluding tert-OH is 1. The summed E-state index contributed by atoms with van der Waals surface area (Å²) in [7, 11) is 0. The van der Waals surface area contributed by atoms with Crippen LogP contribution in [0.3, 0.4) is 0 Å². The van der Waals surface area contributed by atoms with Gasteiger partial charge in [0.1, 0.15) is 11.9 Å². The van der Waals surface area contributed by atoms with Crippen LogP contribution in [0.1, 0.15) is 17.2 Å². The Morgan fingerprint density at radius 2 is 2.07 bits per heavy atom. The first-order valence-corrected chi connectivity index (χ1v) is 4.71. The summed E-state index contributed by atoms with van der Waals surface area (Å²) in [4.78, 5) is 0. The average Bonchev–Trinajstić information content (AvgIpc) is 2.67. The summed E-state index contributed by atoms with van der Waals surface area (Å²) in [6.45, 7) is 0. The summed E-state index contributed by atoms with van der Waals surface area (Å²) < 4.78 is 17.8. The molecule has 2 rings (SSSR count). The van der Waals surface area contributed by atoms with Crippen LogP contribution < -0.4 is 0 Å². The van der Waals surface area contributed by atoms with Crippen LogP contribution in [0.25, 0.3) is 0 Å². The van der Waals surface area contributed by atoms with Crippen LogP contribution in [0.15, 0.2) is 41.2 Å². The molecular formula is C11H8ClFO2. The molecule has 0 saturated heterocycles. The van der Waals surface area contributed by atoms with Crippen molar-refractivity contribution < 1.29 is 13.9 Å². The van der Waals surface area contributed by atoms with Gasteiger partial charge in [0.05, 0.1) is 12.5 Å². The summed E-state index contributed by atoms with van der Waals surface area (Å²) >= 11 is 5.68. The molecule has 0 radical (unpaired) electrons. The van der Waals surface area contributed by atoms with Gasteiger partial charge in [0.25, 0.3) is 0 Å². The van der Waals surface area contributed by atoms with E-state index in [4.69, 9.17) is 16.0 Å². The average molecular weight is 227 g/mol. The Hall–Kier alpha value is -1.32. The minimum atomic E-state index is -0.919. The second-order valence-electron chi connectivity index (χ2n) is 3.16. The number of halogens is 2. The SMILES string of the molecule is OC(c1ccoc1)c1cc(F)cc(Cl)c1. The van der Waals surface area contributed by atoms with Crippen molar-refractivity contribution in [1.82, 2.24) is 0 Å². The maximum Gasteiger partial charge on any atom is 0.125 e. The molecule has 78 valence electrons. The molecule has 1 aromatic heterocycles. The molecule has 0 fully saturated rings. The molecule has 1 atom stereocenters. The highest BCUT2D eigenvalue weighted by Crippen LogP contribution is 2.25. The number of benzene rings is 1. The van der Waals surface area contributed by atoms with E-state index < -0.39 is 11.9 Å². The van der Waals surface area contributed by atoms with E-state index in [0.717, 1.165) is 0 Å². The van der Waals surface area contributed by atoms with E-state index in [9.17, 15) is 9.50 Å². The predicted octanol–water partition coefficient (Wildman–Crippen LogP) is 3.15. The largest absolute Gasteiger partial charge is 0.472 e. The van der Waals surface area contributed by atoms with Gasteiger partial charge in [-0.1, -0.05) is 11.6 Å². The van der Waals surface area contributed by atoms with E-state index >= 15 is 0 Å². The van der Waals surface area contributed by atoms with Gasteiger partial charge in [-0.3, -0.25) is 0 Å². The summed E-state index contributed by atoms with van der Waals surface area (Å²) in [5, 5.41) is 10.1. The van der Waals surface area contributed by atoms with Crippen LogP contribution in [0.5, 0.6) is 0 Å². The molecule has 4 heteroatoms. The van der Waals surface area contributed by atoms with E-state index in [-0.39, 0.29) is 5.02 Å². The Morgan fingerprint density at radius 1 is 1.27 bits per heavy atom. The molecule has 0 spiro atoms. The molecule has 2 nitrogen and oxygen atoms in total. The molecule has 1 heterocycles. The Labute approximate surface area is 90.9 Å². The highest BCUT2D eigenvalue weighted by atomic mass is 35.5. The molecule has 15 heavy (non-hydrogen) atoms. The molecule has 0 saturated carbocycles. The summed E-state index contributed by atoms with van der Waals surface area (Å²) in [6, 6.07) is 5.56. The molecule has 0 amide bonds. The van der Waals surface area contributed by atoms with E-state index in [1.54, 1.807) is 6.07 Å². The first-order chi connectivity index (χ1) is 7.16. The minimum Gasteiger partial charge on any atom is -0.472 e. The van der Waals surface area contributed by atoms with Gasteiger partial charge >= 0.3 is 0 Å². The quantitative estimate of drug-likeness (QED) is 0.853. The summed E-state index contributed by atoms with van der Waals surface area (Å²) in [6.07, 6.45) is 1.93. The third-order valence-electron chi connectivity index (χ3n) is 2.06. The molecule has 0 bridgehead atoms. The fourth-order valence-corrected chi connectivity index (χ4v) is 1.59. The standard InChI is InChI=1S/C11H8ClFO2/c12-9-3-8(4-10(13)5-9)11(14)7-1-2-15-6-7/h1-6,11,14H. The van der Waals surface area contributed by atoms with Gasteiger partial charge < -0.3 is 9.52 Å². The van der Waals surface area contributed by atoms with Crippen molar-refractivity contribution in [2.75, 3.05) is 0 Å². The monoisotopic (exact) mass is 226 g/mol. The van der Waals surface area contributed by atoms with Gasteiger partial charge in [0.2, 0.25) is 0 Å². The number of hydrogen-bond acceptors (Lipinski definition) is 2. The Kier molecular flexibility index (Phi) is 2.75. The van der Waals surface area contributed by atoms with Gasteiger partial charge in [-0.15, -0.1) is 0 Å². The molecule has 0 aliphatic rings. The van der Waals surface area contributed by atoms with E-state index in [1.165, 1.54) is 30.7 Å². The second-order valence-corrected chi connectivity index (χ2v) is 3.60. The third-order valence-corrected chi connectivity index (χ3v) is 2.28. The Morgan fingerprint density at radius 3 is 2.67 bits per heavy atom. The highest BCUT2D eigenvalue weighted by Gasteiger charge is 2.13. The van der Waals surface area contributed by atoms with Crippen molar-refractivity contribution in [2.24, 2.45) is 0 Å². The smallest absolute Gasteiger partial charge is 0.125 e. The predicted molar refractivity (Wildman–Crippen MR) is 54.2 cm³/mol. The number of rotatable bonds is 2. The number of furan rings is 1. The lowest BCUT2D eigenvalue weighted by Gasteiger charge is -2.08. The van der Waals surface area contributed by atoms with Gasteiger partial charge in [-0.05, 0) is 29.8 Å². The molecule has 0 aliphatic heterocycles. The van der Waals surface area contributed by atoms with Gasteiger partial charge in [0.15, 0.2) is 0 Å². The lowest BCUT2D eigenvalue weighted by Crippen LogP contribution is -1.98. The molecule has 1 aromatic carbocycles. The van der Waals surface area contributed by atoms with Gasteiger partial charge in [-0.25, -0.2) is 4.39 Å². The number of aliphatic hydroxyl groups is 1. The van der Waals surface area contributed by atoms with Crippen LogP contribution in [0.2, 0.25) is 5.02 Å². The van der Waals surface area contributed by atoms with Crippen LogP contribution >= 0.6 is 11.6 Å². The van der Waals surface area contributed by atoms with Crippen molar-refractivity contribution in [1.29, 1.82) is 0 Å². The van der Waals surface area contributed by atoms with Crippen LogP contribution in [-0.4, -0.2) is 5.11 Å². The Balaban J connectivity index is 2.37. The van der Waals surface area contributed by atoms with E-state index in [1.807, 2.05) is 0 Å². The molecule has 1 unspecified atom stereocenters. The van der Waals surface area contributed by atoms with Crippen LogP contribution in [0.4, 0.5) is 4.39 Å². The normalized spacial score (nSPS) is 12.7. The minimum absolute atomic E-state index is 0.257. The molecule has 1 N–H and O–H groups in total. The van der Waals surface area contributed by atoms with Crippen molar-refractivity contribution in [2.45, 2.75) is 6.10 Å². The first kappa shape index (κ1) is 10.2. The molecular weight excluding hydrogens is 219 g/mol. The lowest BCUT2D eigenvalue weighted by atomic mass is 10.0. The molecule has 2 aromatic rings. The molecule has 0 aliphatic carbocycles. The highest BCUT2D eigenvalue weighted by molar-refractivity contribution is 6.30. The maximum atomic E-state index is 13.0. The van der Waals surface area contributed by atoms with E-state index in [0.29, 0.717) is 11.1 Å². The Bertz CT molecular complexity index is 433. The zero-order valence-electron chi connectivity index (χ0n) is 7.65. The van der Waals surface area contributed by atoms with Crippen molar-refractivity contribution in [3.05, 3.63) is 58.8 Å². The number of hydrogen-bond donors (Lipinski definition) is 1. The van der Waals surface area contributed by atoms with Gasteiger partial charge in [0, 0.05) is 10.6 Å². The van der Waals surface area contributed by atoms with E-state index in [2.05, 4.69) is 0 Å². The first-order valence-electron chi connectivity index (χ1n) is 4.33. The van der Waals surface area contributed by atoms with Gasteiger partial charge in [-0.2, -0.15) is 0 Å². The topological polar surface area (TPSA) is 33.4 Å². The van der Waals surface area contributed by atoms with Crippen molar-refractivity contribution >= 4 is 11.6 Å². The van der Waals surface area contributed by atoms with Crippen molar-refractivity contribution in [3.8, 4) is 0 Å². The van der Waals surface area contributed by atoms with Crippen LogP contribution in [0, 0.1) is 5.82 Å². The lowest BCUT2D eigenvalue weighted by molar-refractivity contribution is 0.219.